The minimum Gasteiger partial charge on any atom is -0.402 e. The van der Waals surface area contributed by atoms with Gasteiger partial charge in [-0.3, -0.25) is 4.68 Å². The van der Waals surface area contributed by atoms with Gasteiger partial charge in [0.15, 0.2) is 0 Å². The second-order valence-electron chi connectivity index (χ2n) is 8.26. The molecule has 1 heterocycles. The Morgan fingerprint density at radius 3 is 2.73 bits per heavy atom. The lowest BCUT2D eigenvalue weighted by atomic mass is 9.85. The van der Waals surface area contributed by atoms with Crippen LogP contribution in [0.5, 0.6) is 0 Å². The van der Waals surface area contributed by atoms with Gasteiger partial charge in [0.2, 0.25) is 0 Å². The minimum atomic E-state index is -0.731. The predicted octanol–water partition coefficient (Wildman–Crippen LogP) is 3.75. The zero-order chi connectivity index (χ0) is 21.3. The van der Waals surface area contributed by atoms with Crippen molar-refractivity contribution in [2.24, 2.45) is 11.5 Å². The van der Waals surface area contributed by atoms with E-state index in [0.717, 1.165) is 47.4 Å². The molecule has 0 spiro atoms. The Balaban J connectivity index is 1.82. The zero-order valence-electron chi connectivity index (χ0n) is 17.5. The van der Waals surface area contributed by atoms with Gasteiger partial charge in [-0.15, -0.1) is 0 Å². The number of halogens is 1. The number of hydrogen-bond acceptors (Lipinski definition) is 4. The maximum absolute atomic E-state index is 14.3. The highest BCUT2D eigenvalue weighted by Crippen LogP contribution is 2.36. The average molecular weight is 406 g/mol. The zero-order valence-corrected chi connectivity index (χ0v) is 17.5. The Kier molecular flexibility index (Phi) is 5.45. The molecule has 1 unspecified atom stereocenters. The van der Waals surface area contributed by atoms with E-state index in [4.69, 9.17) is 16.6 Å². The fraction of sp³-hybridized carbons (Fsp3) is 0.292. The summed E-state index contributed by atoms with van der Waals surface area (Å²) in [6, 6.07) is 12.7. The molecule has 4 N–H and O–H groups in total. The van der Waals surface area contributed by atoms with E-state index in [0.29, 0.717) is 12.0 Å². The number of allylic oxidation sites excluding steroid dienone is 2. The number of nitrogens with two attached hydrogens (primary N) is 2. The Labute approximate surface area is 176 Å². The summed E-state index contributed by atoms with van der Waals surface area (Å²) in [5, 5.41) is 5.85. The van der Waals surface area contributed by atoms with E-state index in [-0.39, 0.29) is 5.82 Å². The maximum Gasteiger partial charge on any atom is 0.131 e. The number of aryl methyl sites for hydroxylation is 1. The summed E-state index contributed by atoms with van der Waals surface area (Å²) in [6.07, 6.45) is 7.27. The Bertz CT molecular complexity index is 1130. The quantitative estimate of drug-likeness (QED) is 0.655. The van der Waals surface area contributed by atoms with Crippen LogP contribution in [-0.2, 0) is 12.1 Å². The smallest absolute Gasteiger partial charge is 0.131 e. The topological polar surface area (TPSA) is 73.1 Å². The normalized spacial score (nSPS) is 18.9. The molecule has 0 saturated heterocycles. The van der Waals surface area contributed by atoms with Gasteiger partial charge in [0, 0.05) is 29.6 Å². The van der Waals surface area contributed by atoms with Gasteiger partial charge in [-0.25, -0.2) is 4.39 Å². The van der Waals surface area contributed by atoms with Crippen LogP contribution in [0.15, 0.2) is 66.4 Å². The van der Waals surface area contributed by atoms with Crippen molar-refractivity contribution >= 4 is 10.9 Å². The van der Waals surface area contributed by atoms with E-state index < -0.39 is 5.54 Å². The highest BCUT2D eigenvalue weighted by Gasteiger charge is 2.33. The molecule has 1 aliphatic rings. The van der Waals surface area contributed by atoms with Crippen LogP contribution in [-0.4, -0.2) is 35.3 Å². The van der Waals surface area contributed by atoms with Gasteiger partial charge in [-0.1, -0.05) is 42.5 Å². The number of aromatic nitrogens is 2. The third-order valence-corrected chi connectivity index (χ3v) is 5.54. The first-order valence-corrected chi connectivity index (χ1v) is 10.2. The van der Waals surface area contributed by atoms with Gasteiger partial charge >= 0.3 is 0 Å². The molecule has 30 heavy (non-hydrogen) atoms. The molecule has 2 aromatic carbocycles. The van der Waals surface area contributed by atoms with Gasteiger partial charge in [-0.05, 0) is 50.8 Å². The fourth-order valence-electron chi connectivity index (χ4n) is 4.15. The van der Waals surface area contributed by atoms with Crippen LogP contribution in [0.2, 0.25) is 0 Å². The lowest BCUT2D eigenvalue weighted by molar-refractivity contribution is 0.372. The molecule has 6 heteroatoms. The highest BCUT2D eigenvalue weighted by atomic mass is 19.1. The summed E-state index contributed by atoms with van der Waals surface area (Å²) < 4.78 is 16.3. The molecular formula is C24H28FN5. The van der Waals surface area contributed by atoms with Crippen LogP contribution in [0.4, 0.5) is 4.39 Å². The van der Waals surface area contributed by atoms with Crippen LogP contribution < -0.4 is 11.5 Å². The number of rotatable bonds is 6. The van der Waals surface area contributed by atoms with Crippen molar-refractivity contribution in [1.82, 2.24) is 14.7 Å². The summed E-state index contributed by atoms with van der Waals surface area (Å²) in [6.45, 7) is 1.69. The third kappa shape index (κ3) is 3.88. The van der Waals surface area contributed by atoms with Crippen LogP contribution in [0.3, 0.4) is 0 Å². The van der Waals surface area contributed by atoms with Gasteiger partial charge in [0.25, 0.3) is 0 Å². The molecule has 0 aliphatic heterocycles. The first-order valence-electron chi connectivity index (χ1n) is 10.2. The van der Waals surface area contributed by atoms with Gasteiger partial charge < -0.3 is 16.4 Å². The van der Waals surface area contributed by atoms with Crippen LogP contribution >= 0.6 is 0 Å². The average Bonchev–Trinajstić information content (AvgIpc) is 3.06. The first kappa shape index (κ1) is 20.3. The van der Waals surface area contributed by atoms with Crippen molar-refractivity contribution in [2.75, 3.05) is 20.6 Å². The fourth-order valence-corrected chi connectivity index (χ4v) is 4.15. The van der Waals surface area contributed by atoms with Crippen molar-refractivity contribution < 1.29 is 4.39 Å². The summed E-state index contributed by atoms with van der Waals surface area (Å²) in [7, 11) is 4.11. The van der Waals surface area contributed by atoms with E-state index in [1.165, 1.54) is 6.07 Å². The van der Waals surface area contributed by atoms with E-state index in [9.17, 15) is 4.39 Å². The predicted molar refractivity (Wildman–Crippen MR) is 120 cm³/mol. The number of nitrogens with zero attached hydrogens (tertiary/aromatic N) is 3. The number of benzene rings is 2. The number of hydrogen-bond donors (Lipinski definition) is 2. The molecular weight excluding hydrogens is 377 g/mol. The van der Waals surface area contributed by atoms with Crippen LogP contribution in [0, 0.1) is 5.82 Å². The Hall–Kier alpha value is -2.96. The Morgan fingerprint density at radius 2 is 2.00 bits per heavy atom. The van der Waals surface area contributed by atoms with Crippen molar-refractivity contribution in [3.05, 3.63) is 77.9 Å². The van der Waals surface area contributed by atoms with E-state index in [2.05, 4.69) is 19.0 Å². The monoisotopic (exact) mass is 405 g/mol. The Morgan fingerprint density at radius 1 is 1.20 bits per heavy atom. The molecule has 156 valence electrons. The summed E-state index contributed by atoms with van der Waals surface area (Å²) in [4.78, 5) is 2.15. The molecule has 0 radical (unpaired) electrons. The third-order valence-electron chi connectivity index (χ3n) is 5.54. The second-order valence-corrected chi connectivity index (χ2v) is 8.26. The van der Waals surface area contributed by atoms with Crippen molar-refractivity contribution in [3.63, 3.8) is 0 Å². The van der Waals surface area contributed by atoms with Crippen molar-refractivity contribution in [2.45, 2.75) is 24.9 Å². The van der Waals surface area contributed by atoms with Crippen molar-refractivity contribution in [1.29, 1.82) is 0 Å². The summed E-state index contributed by atoms with van der Waals surface area (Å²) >= 11 is 0. The SMILES string of the molecule is CN(C)CCCn1nc2cc(-c3ccccc3F)ccc2c1C1(N)C=CC=C(N)C1. The van der Waals surface area contributed by atoms with Crippen molar-refractivity contribution in [3.8, 4) is 11.1 Å². The molecule has 1 aromatic heterocycles. The first-order chi connectivity index (χ1) is 14.4. The van der Waals surface area contributed by atoms with Gasteiger partial charge in [-0.2, -0.15) is 5.10 Å². The lowest BCUT2D eigenvalue weighted by Gasteiger charge is -2.30. The van der Waals surface area contributed by atoms with Crippen LogP contribution in [0.25, 0.3) is 22.0 Å². The molecule has 0 saturated carbocycles. The molecule has 0 bridgehead atoms. The molecule has 4 rings (SSSR count). The van der Waals surface area contributed by atoms with E-state index in [1.807, 2.05) is 47.2 Å². The van der Waals surface area contributed by atoms with E-state index >= 15 is 0 Å². The molecule has 3 aromatic rings. The standard InChI is InChI=1S/C24H28FN5/c1-29(2)13-6-14-30-23(24(27)12-5-7-18(26)16-24)20-11-10-17(15-22(20)28-30)19-8-3-4-9-21(19)25/h3-5,7-12,15H,6,13-14,16,26-27H2,1-2H3. The molecule has 0 amide bonds. The number of fused-ring (bicyclic) bond motifs is 1. The second kappa shape index (κ2) is 8.05. The minimum absolute atomic E-state index is 0.245. The van der Waals surface area contributed by atoms with Crippen LogP contribution in [0.1, 0.15) is 18.5 Å². The maximum atomic E-state index is 14.3. The van der Waals surface area contributed by atoms with Gasteiger partial charge in [0.05, 0.1) is 16.7 Å². The molecule has 0 fully saturated rings. The van der Waals surface area contributed by atoms with Gasteiger partial charge in [0.1, 0.15) is 5.82 Å². The lowest BCUT2D eigenvalue weighted by Crippen LogP contribution is -2.39. The molecule has 5 nitrogen and oxygen atoms in total. The highest BCUT2D eigenvalue weighted by molar-refractivity contribution is 5.87. The largest absolute Gasteiger partial charge is 0.402 e. The summed E-state index contributed by atoms with van der Waals surface area (Å²) in [5.74, 6) is -0.245. The molecule has 1 atom stereocenters. The summed E-state index contributed by atoms with van der Waals surface area (Å²) in [5.41, 5.74) is 16.1. The van der Waals surface area contributed by atoms with E-state index in [1.54, 1.807) is 12.1 Å². The molecule has 1 aliphatic carbocycles.